The van der Waals surface area contributed by atoms with Crippen molar-refractivity contribution in [2.45, 2.75) is 13.5 Å². The van der Waals surface area contributed by atoms with Gasteiger partial charge in [0, 0.05) is 17.2 Å². The summed E-state index contributed by atoms with van der Waals surface area (Å²) in [5.74, 6) is -0.0146. The van der Waals surface area contributed by atoms with Crippen LogP contribution in [0.4, 0.5) is 10.1 Å². The van der Waals surface area contributed by atoms with Gasteiger partial charge in [-0.1, -0.05) is 54.6 Å². The van der Waals surface area contributed by atoms with Crippen LogP contribution in [0.25, 0.3) is 22.3 Å². The van der Waals surface area contributed by atoms with E-state index in [-0.39, 0.29) is 36.0 Å². The molecular formula is C30H23FN4O5. The molecule has 0 N–H and O–H groups in total. The lowest BCUT2D eigenvalue weighted by Gasteiger charge is -2.13. The van der Waals surface area contributed by atoms with E-state index < -0.39 is 10.7 Å². The molecular weight excluding hydrogens is 515 g/mol. The van der Waals surface area contributed by atoms with Crippen LogP contribution in [0.2, 0.25) is 0 Å². The quantitative estimate of drug-likeness (QED) is 0.130. The highest BCUT2D eigenvalue weighted by Crippen LogP contribution is 2.39. The van der Waals surface area contributed by atoms with Crippen molar-refractivity contribution in [3.63, 3.8) is 0 Å². The van der Waals surface area contributed by atoms with Crippen molar-refractivity contribution in [1.29, 1.82) is 0 Å². The smallest absolute Gasteiger partial charge is 0.315 e. The summed E-state index contributed by atoms with van der Waals surface area (Å²) in [5.41, 5.74) is 1.40. The molecule has 0 aliphatic rings. The van der Waals surface area contributed by atoms with Crippen LogP contribution < -0.4 is 15.0 Å². The van der Waals surface area contributed by atoms with Crippen molar-refractivity contribution in [3.8, 4) is 22.9 Å². The van der Waals surface area contributed by atoms with E-state index in [0.29, 0.717) is 33.4 Å². The standard InChI is InChI=1S/C30H23FN4O5/c1-2-39-27-17-21(16-26(35(37)38)28(27)40-19-20-12-14-23(31)15-13-20)18-32-34-29(22-8-4-3-5-9-22)33-25-11-7-6-10-24(25)30(34)36/h3-18H,2,19H2,1H3. The Bertz CT molecular complexity index is 1770. The predicted molar refractivity (Wildman–Crippen MR) is 149 cm³/mol. The van der Waals surface area contributed by atoms with E-state index >= 15 is 0 Å². The zero-order valence-corrected chi connectivity index (χ0v) is 21.4. The Morgan fingerprint density at radius 3 is 2.45 bits per heavy atom. The van der Waals surface area contributed by atoms with E-state index in [1.807, 2.05) is 30.3 Å². The first-order valence-corrected chi connectivity index (χ1v) is 12.4. The highest BCUT2D eigenvalue weighted by atomic mass is 19.1. The monoisotopic (exact) mass is 538 g/mol. The predicted octanol–water partition coefficient (Wildman–Crippen LogP) is 5.97. The first-order valence-electron chi connectivity index (χ1n) is 12.4. The topological polar surface area (TPSA) is 109 Å². The van der Waals surface area contributed by atoms with Crippen LogP contribution in [-0.2, 0) is 6.61 Å². The van der Waals surface area contributed by atoms with Crippen LogP contribution in [0.5, 0.6) is 11.5 Å². The van der Waals surface area contributed by atoms with E-state index in [9.17, 15) is 19.3 Å². The number of nitrogens with zero attached hydrogens (tertiary/aromatic N) is 4. The summed E-state index contributed by atoms with van der Waals surface area (Å²) in [7, 11) is 0. The maximum absolute atomic E-state index is 13.4. The summed E-state index contributed by atoms with van der Waals surface area (Å²) >= 11 is 0. The molecule has 1 aromatic heterocycles. The average molecular weight is 539 g/mol. The van der Waals surface area contributed by atoms with Gasteiger partial charge in [-0.15, -0.1) is 0 Å². The molecule has 0 aliphatic heterocycles. The van der Waals surface area contributed by atoms with E-state index in [1.165, 1.54) is 41.2 Å². The number of ether oxygens (including phenoxy) is 2. The molecule has 4 aromatic carbocycles. The number of nitro benzene ring substituents is 1. The van der Waals surface area contributed by atoms with E-state index in [2.05, 4.69) is 10.1 Å². The number of hydrogen-bond acceptors (Lipinski definition) is 7. The van der Waals surface area contributed by atoms with Crippen LogP contribution in [-0.4, -0.2) is 27.4 Å². The number of hydrogen-bond donors (Lipinski definition) is 0. The molecule has 1 heterocycles. The number of halogens is 1. The molecule has 0 bridgehead atoms. The van der Waals surface area contributed by atoms with Crippen molar-refractivity contribution in [2.24, 2.45) is 5.10 Å². The Kier molecular flexibility index (Phi) is 7.58. The van der Waals surface area contributed by atoms with Crippen LogP contribution in [0.3, 0.4) is 0 Å². The van der Waals surface area contributed by atoms with E-state index in [1.54, 1.807) is 37.3 Å². The molecule has 0 unspecified atom stereocenters. The van der Waals surface area contributed by atoms with Gasteiger partial charge in [0.25, 0.3) is 5.56 Å². The number of fused-ring (bicyclic) bond motifs is 1. The Morgan fingerprint density at radius 2 is 1.73 bits per heavy atom. The van der Waals surface area contributed by atoms with Gasteiger partial charge < -0.3 is 9.47 Å². The van der Waals surface area contributed by atoms with Crippen molar-refractivity contribution < 1.29 is 18.8 Å². The third-order valence-electron chi connectivity index (χ3n) is 5.96. The van der Waals surface area contributed by atoms with Crippen molar-refractivity contribution in [1.82, 2.24) is 9.66 Å². The zero-order chi connectivity index (χ0) is 28.1. The molecule has 0 radical (unpaired) electrons. The summed E-state index contributed by atoms with van der Waals surface area (Å²) in [6.45, 7) is 1.92. The van der Waals surface area contributed by atoms with E-state index in [4.69, 9.17) is 9.47 Å². The lowest BCUT2D eigenvalue weighted by atomic mass is 10.1. The van der Waals surface area contributed by atoms with Gasteiger partial charge in [-0.3, -0.25) is 14.9 Å². The number of rotatable bonds is 9. The van der Waals surface area contributed by atoms with E-state index in [0.717, 1.165) is 0 Å². The van der Waals surface area contributed by atoms with Crippen molar-refractivity contribution >= 4 is 22.8 Å². The fraction of sp³-hybridized carbons (Fsp3) is 0.100. The average Bonchev–Trinajstić information content (AvgIpc) is 2.97. The first-order chi connectivity index (χ1) is 19.4. The maximum atomic E-state index is 13.4. The summed E-state index contributed by atoms with van der Waals surface area (Å²) < 4.78 is 25.9. The largest absolute Gasteiger partial charge is 0.490 e. The number of benzene rings is 4. The SMILES string of the molecule is CCOc1cc(C=Nn2c(-c3ccccc3)nc3ccccc3c2=O)cc([N+](=O)[O-])c1OCc1ccc(F)cc1. The first kappa shape index (κ1) is 26.2. The molecule has 40 heavy (non-hydrogen) atoms. The molecule has 0 aliphatic carbocycles. The Hall–Kier alpha value is -5.38. The van der Waals surface area contributed by atoms with Crippen LogP contribution in [0, 0.1) is 15.9 Å². The summed E-state index contributed by atoms with van der Waals surface area (Å²) in [6, 6.07) is 24.5. The zero-order valence-electron chi connectivity index (χ0n) is 21.4. The Labute approximate surface area is 227 Å². The van der Waals surface area contributed by atoms with Gasteiger partial charge in [-0.05, 0) is 42.8 Å². The van der Waals surface area contributed by atoms with Crippen LogP contribution >= 0.6 is 0 Å². The van der Waals surface area contributed by atoms with Gasteiger partial charge in [-0.2, -0.15) is 9.78 Å². The molecule has 200 valence electrons. The lowest BCUT2D eigenvalue weighted by Crippen LogP contribution is -2.20. The molecule has 10 heteroatoms. The number of nitro groups is 1. The summed E-state index contributed by atoms with van der Waals surface area (Å²) in [6.07, 6.45) is 1.34. The fourth-order valence-corrected chi connectivity index (χ4v) is 4.09. The number of aromatic nitrogens is 2. The summed E-state index contributed by atoms with van der Waals surface area (Å²) in [5, 5.41) is 16.8. The minimum Gasteiger partial charge on any atom is -0.490 e. The minimum absolute atomic E-state index is 0.0345. The third kappa shape index (κ3) is 5.56. The van der Waals surface area contributed by atoms with Crippen LogP contribution in [0.1, 0.15) is 18.1 Å². The minimum atomic E-state index is -0.584. The van der Waals surface area contributed by atoms with Gasteiger partial charge in [0.1, 0.15) is 12.4 Å². The normalized spacial score (nSPS) is 11.2. The molecule has 0 saturated heterocycles. The summed E-state index contributed by atoms with van der Waals surface area (Å²) in [4.78, 5) is 29.5. The maximum Gasteiger partial charge on any atom is 0.315 e. The van der Waals surface area contributed by atoms with Crippen molar-refractivity contribution in [2.75, 3.05) is 6.61 Å². The highest BCUT2D eigenvalue weighted by molar-refractivity contribution is 5.84. The Balaban J connectivity index is 1.58. The lowest BCUT2D eigenvalue weighted by molar-refractivity contribution is -0.386. The van der Waals surface area contributed by atoms with Gasteiger partial charge >= 0.3 is 5.69 Å². The molecule has 0 fully saturated rings. The fourth-order valence-electron chi connectivity index (χ4n) is 4.09. The second kappa shape index (κ2) is 11.6. The number of para-hydroxylation sites is 1. The second-order valence-electron chi connectivity index (χ2n) is 8.65. The second-order valence-corrected chi connectivity index (χ2v) is 8.65. The third-order valence-corrected chi connectivity index (χ3v) is 5.96. The Morgan fingerprint density at radius 1 is 1.00 bits per heavy atom. The van der Waals surface area contributed by atoms with Gasteiger partial charge in [-0.25, -0.2) is 9.37 Å². The molecule has 0 spiro atoms. The molecule has 0 atom stereocenters. The molecule has 9 nitrogen and oxygen atoms in total. The molecule has 0 saturated carbocycles. The van der Waals surface area contributed by atoms with Crippen molar-refractivity contribution in [3.05, 3.63) is 128 Å². The van der Waals surface area contributed by atoms with Crippen LogP contribution in [0.15, 0.2) is 101 Å². The molecule has 5 aromatic rings. The van der Waals surface area contributed by atoms with Gasteiger partial charge in [0.15, 0.2) is 11.6 Å². The van der Waals surface area contributed by atoms with Gasteiger partial charge in [0.05, 0.1) is 28.6 Å². The molecule has 5 rings (SSSR count). The van der Waals surface area contributed by atoms with Gasteiger partial charge in [0.2, 0.25) is 5.75 Å². The molecule has 0 amide bonds. The highest BCUT2D eigenvalue weighted by Gasteiger charge is 2.23.